The van der Waals surface area contributed by atoms with E-state index in [1.54, 1.807) is 79.0 Å². The summed E-state index contributed by atoms with van der Waals surface area (Å²) in [5, 5.41) is 0. The van der Waals surface area contributed by atoms with Gasteiger partial charge in [-0.1, -0.05) is 59.7 Å². The molecule has 0 aromatic heterocycles. The lowest BCUT2D eigenvalue weighted by molar-refractivity contribution is 0.345. The van der Waals surface area contributed by atoms with E-state index >= 15 is 0 Å². The molecule has 2 aliphatic heterocycles. The molecule has 0 N–H and O–H groups in total. The number of benzene rings is 4. The standard InChI is InChI=1S/C34H32F2N2O4S2/c1-23-3-15-30(16-4-23)43(39,40)37-22-27(21-34(37)26-9-13-29(36)14-10-26)33-20-19-32(25-7-11-28(35)12-8-25)38(33)44(41,42)31-17-5-24(2)6-18-31/h3-18,22,32-34H,19-21H2,1-2H3/t32-,33+,34-/m0/s1. The van der Waals surface area contributed by atoms with E-state index in [4.69, 9.17) is 0 Å². The van der Waals surface area contributed by atoms with Crippen LogP contribution < -0.4 is 0 Å². The fraction of sp³-hybridized carbons (Fsp3) is 0.235. The third kappa shape index (κ3) is 5.58. The van der Waals surface area contributed by atoms with Gasteiger partial charge in [0.05, 0.1) is 21.9 Å². The summed E-state index contributed by atoms with van der Waals surface area (Å²) < 4.78 is 87.2. The van der Waals surface area contributed by atoms with Crippen molar-refractivity contribution in [3.05, 3.63) is 143 Å². The third-order valence-corrected chi connectivity index (χ3v) is 12.2. The van der Waals surface area contributed by atoms with E-state index in [0.29, 0.717) is 29.5 Å². The normalized spacial score (nSPS) is 21.0. The minimum atomic E-state index is -4.07. The Labute approximate surface area is 257 Å². The molecule has 4 aromatic carbocycles. The van der Waals surface area contributed by atoms with Crippen molar-refractivity contribution >= 4 is 20.0 Å². The Bertz CT molecular complexity index is 1910. The molecule has 44 heavy (non-hydrogen) atoms. The first-order valence-electron chi connectivity index (χ1n) is 14.4. The first kappa shape index (κ1) is 30.2. The summed E-state index contributed by atoms with van der Waals surface area (Å²) in [6.07, 6.45) is 2.67. The third-order valence-electron chi connectivity index (χ3n) is 8.49. The Morgan fingerprint density at radius 3 is 1.50 bits per heavy atom. The molecule has 10 heteroatoms. The zero-order chi connectivity index (χ0) is 31.2. The number of hydrogen-bond donors (Lipinski definition) is 0. The van der Waals surface area contributed by atoms with Crippen molar-refractivity contribution < 1.29 is 25.6 Å². The molecule has 6 nitrogen and oxygen atoms in total. The van der Waals surface area contributed by atoms with Crippen LogP contribution in [-0.2, 0) is 20.0 Å². The summed E-state index contributed by atoms with van der Waals surface area (Å²) in [6, 6.07) is 22.7. The highest BCUT2D eigenvalue weighted by molar-refractivity contribution is 7.89. The topological polar surface area (TPSA) is 74.8 Å². The number of halogens is 2. The van der Waals surface area contributed by atoms with Gasteiger partial charge in [0.1, 0.15) is 11.6 Å². The van der Waals surface area contributed by atoms with Crippen LogP contribution in [0.1, 0.15) is 53.6 Å². The van der Waals surface area contributed by atoms with E-state index in [1.165, 1.54) is 32.9 Å². The van der Waals surface area contributed by atoms with Crippen LogP contribution in [0.15, 0.2) is 119 Å². The molecule has 0 bridgehead atoms. The smallest absolute Gasteiger partial charge is 0.264 e. The molecule has 2 aliphatic rings. The molecule has 6 rings (SSSR count). The Kier molecular flexibility index (Phi) is 7.94. The van der Waals surface area contributed by atoms with Gasteiger partial charge in [0, 0.05) is 12.2 Å². The summed E-state index contributed by atoms with van der Waals surface area (Å²) in [4.78, 5) is 0.229. The molecule has 2 heterocycles. The first-order chi connectivity index (χ1) is 20.9. The SMILES string of the molecule is Cc1ccc(S(=O)(=O)N2C=C([C@H]3CC[C@@H](c4ccc(F)cc4)N3S(=O)(=O)c3ccc(C)cc3)C[C@H]2c2ccc(F)cc2)cc1. The minimum Gasteiger partial charge on any atom is -0.266 e. The highest BCUT2D eigenvalue weighted by atomic mass is 32.2. The molecule has 0 amide bonds. The fourth-order valence-corrected chi connectivity index (χ4v) is 9.55. The molecular weight excluding hydrogens is 603 g/mol. The zero-order valence-electron chi connectivity index (χ0n) is 24.3. The van der Waals surface area contributed by atoms with Crippen LogP contribution in [0.4, 0.5) is 8.78 Å². The molecular formula is C34H32F2N2O4S2. The molecule has 0 unspecified atom stereocenters. The first-order valence-corrected chi connectivity index (χ1v) is 17.2. The second-order valence-electron chi connectivity index (χ2n) is 11.4. The lowest BCUT2D eigenvalue weighted by Crippen LogP contribution is -2.38. The van der Waals surface area contributed by atoms with Gasteiger partial charge >= 0.3 is 0 Å². The number of rotatable bonds is 7. The van der Waals surface area contributed by atoms with Crippen LogP contribution in [0.5, 0.6) is 0 Å². The Morgan fingerprint density at radius 1 is 0.568 bits per heavy atom. The summed E-state index contributed by atoms with van der Waals surface area (Å²) in [6.45, 7) is 3.74. The molecule has 3 atom stereocenters. The van der Waals surface area contributed by atoms with E-state index < -0.39 is 49.8 Å². The summed E-state index contributed by atoms with van der Waals surface area (Å²) in [7, 11) is -8.12. The van der Waals surface area contributed by atoms with Crippen molar-refractivity contribution in [2.75, 3.05) is 0 Å². The van der Waals surface area contributed by atoms with Gasteiger partial charge in [-0.05, 0) is 98.3 Å². The van der Waals surface area contributed by atoms with Crippen LogP contribution in [0.3, 0.4) is 0 Å². The second-order valence-corrected chi connectivity index (χ2v) is 15.1. The Balaban J connectivity index is 1.46. The van der Waals surface area contributed by atoms with Gasteiger partial charge in [-0.15, -0.1) is 0 Å². The zero-order valence-corrected chi connectivity index (χ0v) is 25.9. The highest BCUT2D eigenvalue weighted by Gasteiger charge is 2.47. The van der Waals surface area contributed by atoms with Gasteiger partial charge in [-0.3, -0.25) is 4.31 Å². The van der Waals surface area contributed by atoms with E-state index in [-0.39, 0.29) is 16.2 Å². The molecule has 0 spiro atoms. The monoisotopic (exact) mass is 634 g/mol. The fourth-order valence-electron chi connectivity index (χ4n) is 6.16. The van der Waals surface area contributed by atoms with Crippen LogP contribution in [0.25, 0.3) is 0 Å². The summed E-state index contributed by atoms with van der Waals surface area (Å²) in [5.74, 6) is -0.866. The summed E-state index contributed by atoms with van der Waals surface area (Å²) >= 11 is 0. The van der Waals surface area contributed by atoms with Gasteiger partial charge in [0.2, 0.25) is 10.0 Å². The number of hydrogen-bond acceptors (Lipinski definition) is 4. The largest absolute Gasteiger partial charge is 0.266 e. The average Bonchev–Trinajstić information content (AvgIpc) is 3.65. The number of aryl methyl sites for hydroxylation is 2. The van der Waals surface area contributed by atoms with Crippen molar-refractivity contribution in [2.24, 2.45) is 0 Å². The lowest BCUT2D eigenvalue weighted by atomic mass is 9.98. The molecule has 4 aromatic rings. The minimum absolute atomic E-state index is 0.104. The van der Waals surface area contributed by atoms with Crippen LogP contribution in [0.2, 0.25) is 0 Å². The van der Waals surface area contributed by atoms with Crippen molar-refractivity contribution in [3.8, 4) is 0 Å². The summed E-state index contributed by atoms with van der Waals surface area (Å²) in [5.41, 5.74) is 3.70. The van der Waals surface area contributed by atoms with Gasteiger partial charge in [0.15, 0.2) is 0 Å². The van der Waals surface area contributed by atoms with Crippen molar-refractivity contribution in [1.82, 2.24) is 8.61 Å². The maximum Gasteiger partial charge on any atom is 0.264 e. The predicted octanol–water partition coefficient (Wildman–Crippen LogP) is 7.20. The molecule has 228 valence electrons. The van der Waals surface area contributed by atoms with Crippen LogP contribution in [0, 0.1) is 25.5 Å². The van der Waals surface area contributed by atoms with Gasteiger partial charge < -0.3 is 0 Å². The highest BCUT2D eigenvalue weighted by Crippen LogP contribution is 2.48. The van der Waals surface area contributed by atoms with Crippen LogP contribution in [-0.4, -0.2) is 31.5 Å². The lowest BCUT2D eigenvalue weighted by Gasteiger charge is -2.30. The predicted molar refractivity (Wildman–Crippen MR) is 164 cm³/mol. The maximum atomic E-state index is 14.3. The maximum absolute atomic E-state index is 14.3. The molecule has 0 aliphatic carbocycles. The molecule has 1 saturated heterocycles. The number of nitrogens with zero attached hydrogens (tertiary/aromatic N) is 2. The number of sulfonamides is 2. The second kappa shape index (κ2) is 11.6. The van der Waals surface area contributed by atoms with Gasteiger partial charge in [-0.25, -0.2) is 25.6 Å². The van der Waals surface area contributed by atoms with E-state index in [9.17, 15) is 25.6 Å². The molecule has 0 saturated carbocycles. The van der Waals surface area contributed by atoms with Crippen molar-refractivity contribution in [1.29, 1.82) is 0 Å². The van der Waals surface area contributed by atoms with Gasteiger partial charge in [-0.2, -0.15) is 4.31 Å². The molecule has 1 fully saturated rings. The van der Waals surface area contributed by atoms with Crippen molar-refractivity contribution in [2.45, 2.75) is 61.0 Å². The molecule has 0 radical (unpaired) electrons. The van der Waals surface area contributed by atoms with E-state index in [2.05, 4.69) is 0 Å². The Hall–Kier alpha value is -3.86. The van der Waals surface area contributed by atoms with E-state index in [1.807, 2.05) is 13.8 Å². The van der Waals surface area contributed by atoms with E-state index in [0.717, 1.165) is 11.1 Å². The van der Waals surface area contributed by atoms with Crippen LogP contribution >= 0.6 is 0 Å². The Morgan fingerprint density at radius 2 is 1.00 bits per heavy atom. The van der Waals surface area contributed by atoms with Gasteiger partial charge in [0.25, 0.3) is 10.0 Å². The quantitative estimate of drug-likeness (QED) is 0.216. The average molecular weight is 635 g/mol. The van der Waals surface area contributed by atoms with Crippen molar-refractivity contribution in [3.63, 3.8) is 0 Å².